The molecule has 5 nitrogen and oxygen atoms in total. The fourth-order valence-corrected chi connectivity index (χ4v) is 6.74. The summed E-state index contributed by atoms with van der Waals surface area (Å²) < 4.78 is 28.7. The highest BCUT2D eigenvalue weighted by atomic mass is 16.7. The lowest BCUT2D eigenvalue weighted by Gasteiger charge is -2.32. The molecule has 1 aromatic heterocycles. The van der Waals surface area contributed by atoms with Crippen LogP contribution < -0.4 is 10.9 Å². The molecule has 0 bridgehead atoms. The fraction of sp³-hybridized carbons (Fsp3) is 0.676. The van der Waals surface area contributed by atoms with Gasteiger partial charge in [0.05, 0.1) is 22.4 Å². The van der Waals surface area contributed by atoms with E-state index < -0.39 is 0 Å². The van der Waals surface area contributed by atoms with E-state index in [4.69, 9.17) is 18.6 Å². The molecule has 2 fully saturated rings. The largest absolute Gasteiger partial charge is 0.494 e. The second kappa shape index (κ2) is 12.8. The lowest BCUT2D eigenvalue weighted by Crippen LogP contribution is -2.41. The molecule has 2 aliphatic heterocycles. The molecule has 0 radical (unpaired) electrons. The number of nitrogens with zero attached hydrogens (tertiary/aromatic N) is 1. The smallest absolute Gasteiger partial charge is 0.399 e. The molecule has 0 saturated carbocycles. The predicted octanol–water partition coefficient (Wildman–Crippen LogP) is 8.87. The molecule has 5 rings (SSSR count). The van der Waals surface area contributed by atoms with Gasteiger partial charge in [0, 0.05) is 27.8 Å². The first kappa shape index (κ1) is 33.6. The van der Waals surface area contributed by atoms with Crippen molar-refractivity contribution in [3.05, 3.63) is 36.4 Å². The van der Waals surface area contributed by atoms with Crippen molar-refractivity contribution in [1.82, 2.24) is 4.57 Å². The van der Waals surface area contributed by atoms with Crippen LogP contribution in [-0.4, -0.2) is 41.2 Å². The molecule has 0 atom stereocenters. The lowest BCUT2D eigenvalue weighted by molar-refractivity contribution is 0.00578. The molecular formula is C37H57B2NO4. The average molecular weight is 601 g/mol. The van der Waals surface area contributed by atoms with Gasteiger partial charge in [-0.2, -0.15) is 0 Å². The van der Waals surface area contributed by atoms with Crippen LogP contribution in [0.2, 0.25) is 0 Å². The Labute approximate surface area is 268 Å². The minimum atomic E-state index is -0.385. The summed E-state index contributed by atoms with van der Waals surface area (Å²) in [7, 11) is -0.771. The number of hydrogen-bond acceptors (Lipinski definition) is 4. The molecule has 3 aromatic rings. The van der Waals surface area contributed by atoms with Gasteiger partial charge in [-0.3, -0.25) is 0 Å². The van der Waals surface area contributed by atoms with Crippen molar-refractivity contribution in [3.8, 4) is 0 Å². The first-order valence-corrected chi connectivity index (χ1v) is 17.5. The van der Waals surface area contributed by atoms with E-state index in [0.717, 1.165) is 10.9 Å². The van der Waals surface area contributed by atoms with E-state index in [1.165, 1.54) is 86.0 Å². The summed E-state index contributed by atoms with van der Waals surface area (Å²) in [4.78, 5) is 0. The summed E-state index contributed by atoms with van der Waals surface area (Å²) in [5, 5.41) is 2.57. The van der Waals surface area contributed by atoms with Crippen molar-refractivity contribution in [3.63, 3.8) is 0 Å². The maximum absolute atomic E-state index is 6.52. The van der Waals surface area contributed by atoms with Gasteiger partial charge in [0.15, 0.2) is 0 Å². The molecule has 2 saturated heterocycles. The van der Waals surface area contributed by atoms with Gasteiger partial charge in [-0.05, 0) is 91.3 Å². The van der Waals surface area contributed by atoms with Crippen LogP contribution in [0.15, 0.2) is 36.4 Å². The first-order chi connectivity index (χ1) is 20.7. The summed E-state index contributed by atoms with van der Waals surface area (Å²) in [5.41, 5.74) is 3.21. The van der Waals surface area contributed by atoms with Crippen LogP contribution in [-0.2, 0) is 18.6 Å². The van der Waals surface area contributed by atoms with Crippen LogP contribution >= 0.6 is 0 Å². The van der Waals surface area contributed by atoms with Crippen LogP contribution in [0.3, 0.4) is 0 Å². The maximum Gasteiger partial charge on any atom is 0.494 e. The van der Waals surface area contributed by atoms with E-state index in [2.05, 4.69) is 110 Å². The van der Waals surface area contributed by atoms with E-state index in [9.17, 15) is 0 Å². The molecule has 2 aliphatic rings. The average Bonchev–Trinajstić information content (AvgIpc) is 3.48. The van der Waals surface area contributed by atoms with Crippen molar-refractivity contribution in [2.75, 3.05) is 0 Å². The lowest BCUT2D eigenvalue weighted by atomic mass is 9.78. The van der Waals surface area contributed by atoms with Crippen molar-refractivity contribution >= 4 is 47.0 Å². The van der Waals surface area contributed by atoms with E-state index in [1.54, 1.807) is 0 Å². The number of rotatable bonds is 13. The number of benzene rings is 2. The molecule has 240 valence electrons. The quantitative estimate of drug-likeness (QED) is 0.145. The highest BCUT2D eigenvalue weighted by Crippen LogP contribution is 2.40. The third-order valence-electron chi connectivity index (χ3n) is 11.1. The third kappa shape index (κ3) is 6.41. The standard InChI is InChI=1S/C37H57B2NO4/c1-11-13-15-17-19-29(20-18-16-14-12-2)40-32-25-27(38-41-34(3,4)35(5,6)42-38)21-23-30(32)31-24-22-28(26-33(31)40)39-43-36(7,8)37(9,10)44-39/h21-26,29H,11-20H2,1-10H3. The van der Waals surface area contributed by atoms with Gasteiger partial charge in [0.1, 0.15) is 0 Å². The molecule has 7 heteroatoms. The Balaban J connectivity index is 1.62. The van der Waals surface area contributed by atoms with Crippen LogP contribution in [0.1, 0.15) is 139 Å². The van der Waals surface area contributed by atoms with Crippen LogP contribution in [0, 0.1) is 0 Å². The summed E-state index contributed by atoms with van der Waals surface area (Å²) in [6.07, 6.45) is 12.6. The Hall–Kier alpha value is -1.79. The zero-order chi connectivity index (χ0) is 31.9. The zero-order valence-corrected chi connectivity index (χ0v) is 29.3. The Kier molecular flexibility index (Phi) is 9.75. The van der Waals surface area contributed by atoms with Gasteiger partial charge in [0.2, 0.25) is 0 Å². The molecule has 0 spiro atoms. The molecule has 0 unspecified atom stereocenters. The van der Waals surface area contributed by atoms with Crippen molar-refractivity contribution in [2.45, 2.75) is 162 Å². The highest BCUT2D eigenvalue weighted by Gasteiger charge is 2.53. The van der Waals surface area contributed by atoms with Gasteiger partial charge in [-0.15, -0.1) is 0 Å². The highest BCUT2D eigenvalue weighted by molar-refractivity contribution is 6.63. The summed E-state index contributed by atoms with van der Waals surface area (Å²) in [6.45, 7) is 21.6. The van der Waals surface area contributed by atoms with Crippen molar-refractivity contribution < 1.29 is 18.6 Å². The summed E-state index contributed by atoms with van der Waals surface area (Å²) in [6, 6.07) is 14.1. The van der Waals surface area contributed by atoms with Gasteiger partial charge < -0.3 is 23.2 Å². The Morgan fingerprint density at radius 1 is 0.545 bits per heavy atom. The number of aromatic nitrogens is 1. The van der Waals surface area contributed by atoms with Crippen molar-refractivity contribution in [1.29, 1.82) is 0 Å². The Morgan fingerprint density at radius 2 is 0.909 bits per heavy atom. The second-order valence-corrected chi connectivity index (χ2v) is 15.5. The van der Waals surface area contributed by atoms with Crippen LogP contribution in [0.5, 0.6) is 0 Å². The van der Waals surface area contributed by atoms with E-state index in [-0.39, 0.29) is 36.6 Å². The van der Waals surface area contributed by atoms with E-state index in [1.807, 2.05) is 0 Å². The van der Waals surface area contributed by atoms with Gasteiger partial charge in [-0.25, -0.2) is 0 Å². The van der Waals surface area contributed by atoms with E-state index in [0.29, 0.717) is 6.04 Å². The van der Waals surface area contributed by atoms with Gasteiger partial charge >= 0.3 is 14.2 Å². The number of fused-ring (bicyclic) bond motifs is 3. The SMILES string of the molecule is CCCCCCC(CCCCCC)n1c2cc(B3OC(C)(C)C(C)(C)O3)ccc2c2ccc(B3OC(C)(C)C(C)(C)O3)cc21. The molecule has 44 heavy (non-hydrogen) atoms. The summed E-state index contributed by atoms with van der Waals surface area (Å²) >= 11 is 0. The monoisotopic (exact) mass is 601 g/mol. The van der Waals surface area contributed by atoms with Gasteiger partial charge in [0.25, 0.3) is 0 Å². The number of hydrogen-bond donors (Lipinski definition) is 0. The summed E-state index contributed by atoms with van der Waals surface area (Å²) in [5.74, 6) is 0. The Morgan fingerprint density at radius 3 is 1.25 bits per heavy atom. The topological polar surface area (TPSA) is 41.9 Å². The minimum absolute atomic E-state index is 0.377. The van der Waals surface area contributed by atoms with Crippen molar-refractivity contribution in [2.24, 2.45) is 0 Å². The minimum Gasteiger partial charge on any atom is -0.399 e. The number of unbranched alkanes of at least 4 members (excludes halogenated alkanes) is 6. The second-order valence-electron chi connectivity index (χ2n) is 15.5. The predicted molar refractivity (Wildman–Crippen MR) is 187 cm³/mol. The molecule has 0 N–H and O–H groups in total. The molecule has 0 aliphatic carbocycles. The van der Waals surface area contributed by atoms with E-state index >= 15 is 0 Å². The third-order valence-corrected chi connectivity index (χ3v) is 11.1. The molecule has 3 heterocycles. The fourth-order valence-electron chi connectivity index (χ4n) is 6.74. The first-order valence-electron chi connectivity index (χ1n) is 17.5. The zero-order valence-electron chi connectivity index (χ0n) is 29.3. The van der Waals surface area contributed by atoms with Gasteiger partial charge in [-0.1, -0.05) is 89.5 Å². The van der Waals surface area contributed by atoms with Crippen LogP contribution in [0.25, 0.3) is 21.8 Å². The maximum atomic E-state index is 6.52. The molecular weight excluding hydrogens is 544 g/mol. The molecule has 0 amide bonds. The Bertz CT molecular complexity index is 1310. The molecule has 2 aromatic carbocycles. The normalized spacial score (nSPS) is 20.5. The van der Waals surface area contributed by atoms with Crippen LogP contribution in [0.4, 0.5) is 0 Å².